The standard InChI is InChI=1S/C23H31N3O4/c1-16-12-25(13-17(2)29-16)23(28)14-26-10-9-21(24-26)18-7-8-19(15-27)22(11-18)30-20-5-3-4-6-20/h7-11,16-17,20,27H,3-6,12-15H2,1-2H3. The second-order valence-corrected chi connectivity index (χ2v) is 8.46. The highest BCUT2D eigenvalue weighted by molar-refractivity contribution is 5.76. The highest BCUT2D eigenvalue weighted by Gasteiger charge is 2.26. The van der Waals surface area contributed by atoms with Crippen LogP contribution in [-0.2, 0) is 22.7 Å². The lowest BCUT2D eigenvalue weighted by Gasteiger charge is -2.35. The molecule has 1 aromatic heterocycles. The van der Waals surface area contributed by atoms with Crippen LogP contribution in [0.1, 0.15) is 45.1 Å². The summed E-state index contributed by atoms with van der Waals surface area (Å²) in [6.45, 7) is 5.36. The van der Waals surface area contributed by atoms with Gasteiger partial charge in [-0.2, -0.15) is 5.10 Å². The summed E-state index contributed by atoms with van der Waals surface area (Å²) in [7, 11) is 0. The predicted octanol–water partition coefficient (Wildman–Crippen LogP) is 3.00. The number of aliphatic hydroxyl groups excluding tert-OH is 1. The van der Waals surface area contributed by atoms with Gasteiger partial charge in [0.25, 0.3) is 0 Å². The van der Waals surface area contributed by atoms with E-state index in [-0.39, 0.29) is 37.4 Å². The third kappa shape index (κ3) is 4.84. The van der Waals surface area contributed by atoms with E-state index in [4.69, 9.17) is 9.47 Å². The molecule has 2 aliphatic rings. The molecule has 2 atom stereocenters. The molecule has 1 aliphatic heterocycles. The summed E-state index contributed by atoms with van der Waals surface area (Å²) in [5.74, 6) is 0.774. The van der Waals surface area contributed by atoms with Gasteiger partial charge < -0.3 is 19.5 Å². The van der Waals surface area contributed by atoms with E-state index in [1.165, 1.54) is 12.8 Å². The fourth-order valence-corrected chi connectivity index (χ4v) is 4.36. The van der Waals surface area contributed by atoms with Gasteiger partial charge in [-0.1, -0.05) is 12.1 Å². The molecule has 0 radical (unpaired) electrons. The summed E-state index contributed by atoms with van der Waals surface area (Å²) in [4.78, 5) is 14.5. The van der Waals surface area contributed by atoms with E-state index in [1.807, 2.05) is 49.2 Å². The van der Waals surface area contributed by atoms with Gasteiger partial charge in [0.15, 0.2) is 0 Å². The van der Waals surface area contributed by atoms with Crippen molar-refractivity contribution in [1.29, 1.82) is 0 Å². The Hall–Kier alpha value is -2.38. The van der Waals surface area contributed by atoms with Crippen LogP contribution >= 0.6 is 0 Å². The molecule has 162 valence electrons. The number of amides is 1. The van der Waals surface area contributed by atoms with Crippen molar-refractivity contribution in [2.45, 2.75) is 71.0 Å². The number of nitrogens with zero attached hydrogens (tertiary/aromatic N) is 3. The van der Waals surface area contributed by atoms with Crippen LogP contribution in [0.3, 0.4) is 0 Å². The highest BCUT2D eigenvalue weighted by Crippen LogP contribution is 2.30. The molecule has 1 N–H and O–H groups in total. The Kier molecular flexibility index (Phi) is 6.39. The minimum Gasteiger partial charge on any atom is -0.490 e. The van der Waals surface area contributed by atoms with Crippen LogP contribution < -0.4 is 4.74 Å². The fraction of sp³-hybridized carbons (Fsp3) is 0.565. The van der Waals surface area contributed by atoms with E-state index in [9.17, 15) is 9.90 Å². The van der Waals surface area contributed by atoms with Gasteiger partial charge in [-0.3, -0.25) is 9.48 Å². The maximum Gasteiger partial charge on any atom is 0.244 e. The molecule has 1 saturated heterocycles. The summed E-state index contributed by atoms with van der Waals surface area (Å²) in [6, 6.07) is 7.68. The van der Waals surface area contributed by atoms with E-state index in [1.54, 1.807) is 4.68 Å². The van der Waals surface area contributed by atoms with E-state index >= 15 is 0 Å². The topological polar surface area (TPSA) is 76.8 Å². The number of morpholine rings is 1. The first-order valence-corrected chi connectivity index (χ1v) is 10.9. The Morgan fingerprint density at radius 1 is 1.20 bits per heavy atom. The van der Waals surface area contributed by atoms with Gasteiger partial charge in [-0.15, -0.1) is 0 Å². The molecule has 2 fully saturated rings. The summed E-state index contributed by atoms with van der Waals surface area (Å²) in [5, 5.41) is 14.3. The number of benzene rings is 1. The zero-order valence-electron chi connectivity index (χ0n) is 17.8. The molecule has 1 aromatic carbocycles. The molecule has 30 heavy (non-hydrogen) atoms. The first kappa shape index (κ1) is 20.9. The monoisotopic (exact) mass is 413 g/mol. The van der Waals surface area contributed by atoms with Gasteiger partial charge in [-0.25, -0.2) is 0 Å². The quantitative estimate of drug-likeness (QED) is 0.788. The SMILES string of the molecule is CC1CN(C(=O)Cn2ccc(-c3ccc(CO)c(OC4CCCC4)c3)n2)CC(C)O1. The molecule has 7 nitrogen and oxygen atoms in total. The number of rotatable bonds is 6. The third-order valence-corrected chi connectivity index (χ3v) is 5.84. The Morgan fingerprint density at radius 2 is 1.93 bits per heavy atom. The van der Waals surface area contributed by atoms with E-state index in [2.05, 4.69) is 5.10 Å². The predicted molar refractivity (Wildman–Crippen MR) is 113 cm³/mol. The molecule has 2 aromatic rings. The van der Waals surface area contributed by atoms with Crippen LogP contribution in [0.4, 0.5) is 0 Å². The van der Waals surface area contributed by atoms with Crippen LogP contribution in [0.5, 0.6) is 5.75 Å². The molecule has 1 amide bonds. The molecule has 1 saturated carbocycles. The van der Waals surface area contributed by atoms with Crippen molar-refractivity contribution < 1.29 is 19.4 Å². The first-order valence-electron chi connectivity index (χ1n) is 10.9. The number of ether oxygens (including phenoxy) is 2. The minimum absolute atomic E-state index is 0.0486. The van der Waals surface area contributed by atoms with Crippen molar-refractivity contribution in [1.82, 2.24) is 14.7 Å². The van der Waals surface area contributed by atoms with Crippen LogP contribution in [0, 0.1) is 0 Å². The molecule has 1 aliphatic carbocycles. The largest absolute Gasteiger partial charge is 0.490 e. The number of carbonyl (C=O) groups is 1. The van der Waals surface area contributed by atoms with Crippen molar-refractivity contribution >= 4 is 5.91 Å². The molecule has 0 bridgehead atoms. The Labute approximate surface area is 177 Å². The van der Waals surface area contributed by atoms with Crippen molar-refractivity contribution in [2.24, 2.45) is 0 Å². The number of hydrogen-bond donors (Lipinski definition) is 1. The normalized spacial score (nSPS) is 22.4. The van der Waals surface area contributed by atoms with Crippen molar-refractivity contribution in [3.63, 3.8) is 0 Å². The Balaban J connectivity index is 1.46. The van der Waals surface area contributed by atoms with Gasteiger partial charge in [0.1, 0.15) is 12.3 Å². The summed E-state index contributed by atoms with van der Waals surface area (Å²) < 4.78 is 13.6. The molecule has 0 spiro atoms. The maximum atomic E-state index is 12.7. The number of hydrogen-bond acceptors (Lipinski definition) is 5. The third-order valence-electron chi connectivity index (χ3n) is 5.84. The lowest BCUT2D eigenvalue weighted by molar-refractivity contribution is -0.144. The van der Waals surface area contributed by atoms with Gasteiger partial charge in [0.2, 0.25) is 5.91 Å². The summed E-state index contributed by atoms with van der Waals surface area (Å²) in [6.07, 6.45) is 6.66. The van der Waals surface area contributed by atoms with Crippen LogP contribution in [-0.4, -0.2) is 57.1 Å². The van der Waals surface area contributed by atoms with E-state index in [0.29, 0.717) is 13.1 Å². The molecule has 2 heterocycles. The molecule has 2 unspecified atom stereocenters. The summed E-state index contributed by atoms with van der Waals surface area (Å²) >= 11 is 0. The van der Waals surface area contributed by atoms with Crippen molar-refractivity contribution in [3.8, 4) is 17.0 Å². The Morgan fingerprint density at radius 3 is 2.63 bits per heavy atom. The lowest BCUT2D eigenvalue weighted by atomic mass is 10.1. The van der Waals surface area contributed by atoms with Gasteiger partial charge in [-0.05, 0) is 51.7 Å². The maximum absolute atomic E-state index is 12.7. The number of aromatic nitrogens is 2. The van der Waals surface area contributed by atoms with Crippen LogP contribution in [0.2, 0.25) is 0 Å². The average molecular weight is 414 g/mol. The van der Waals surface area contributed by atoms with E-state index in [0.717, 1.165) is 35.4 Å². The molecular weight excluding hydrogens is 382 g/mol. The second kappa shape index (κ2) is 9.18. The summed E-state index contributed by atoms with van der Waals surface area (Å²) in [5.41, 5.74) is 2.49. The fourth-order valence-electron chi connectivity index (χ4n) is 4.36. The molecular formula is C23H31N3O4. The first-order chi connectivity index (χ1) is 14.5. The van der Waals surface area contributed by atoms with Gasteiger partial charge in [0, 0.05) is 30.4 Å². The lowest BCUT2D eigenvalue weighted by Crippen LogP contribution is -2.49. The highest BCUT2D eigenvalue weighted by atomic mass is 16.5. The van der Waals surface area contributed by atoms with Crippen LogP contribution in [0.15, 0.2) is 30.5 Å². The number of carbonyl (C=O) groups excluding carboxylic acids is 1. The number of aliphatic hydroxyl groups is 1. The average Bonchev–Trinajstić information content (AvgIpc) is 3.39. The molecule has 4 rings (SSSR count). The van der Waals surface area contributed by atoms with E-state index < -0.39 is 0 Å². The van der Waals surface area contributed by atoms with Crippen molar-refractivity contribution in [2.75, 3.05) is 13.1 Å². The van der Waals surface area contributed by atoms with Gasteiger partial charge >= 0.3 is 0 Å². The smallest absolute Gasteiger partial charge is 0.244 e. The minimum atomic E-state index is -0.0539. The second-order valence-electron chi connectivity index (χ2n) is 8.46. The van der Waals surface area contributed by atoms with Crippen molar-refractivity contribution in [3.05, 3.63) is 36.0 Å². The van der Waals surface area contributed by atoms with Crippen LogP contribution in [0.25, 0.3) is 11.3 Å². The zero-order chi connectivity index (χ0) is 21.1. The molecule has 7 heteroatoms. The zero-order valence-corrected chi connectivity index (χ0v) is 17.8. The Bertz CT molecular complexity index is 865. The van der Waals surface area contributed by atoms with Gasteiger partial charge in [0.05, 0.1) is 30.6 Å².